The van der Waals surface area contributed by atoms with Crippen molar-refractivity contribution in [2.75, 3.05) is 17.5 Å². The van der Waals surface area contributed by atoms with E-state index >= 15 is 0 Å². The largest absolute Gasteiger partial charge is 0.352 e. The quantitative estimate of drug-likeness (QED) is 0.724. The van der Waals surface area contributed by atoms with E-state index in [1.165, 1.54) is 6.42 Å². The fourth-order valence-electron chi connectivity index (χ4n) is 2.47. The molecular formula is C17H28N2O3S. The number of anilines is 1. The van der Waals surface area contributed by atoms with Gasteiger partial charge in [0.05, 0.1) is 11.9 Å². The SMILES string of the molecule is CCCCC(CC)CNC(=O)c1cccc(NS(C)(=O)=O)c1C. The van der Waals surface area contributed by atoms with Gasteiger partial charge in [-0.1, -0.05) is 39.2 Å². The van der Waals surface area contributed by atoms with E-state index in [4.69, 9.17) is 0 Å². The van der Waals surface area contributed by atoms with Gasteiger partial charge in [-0.05, 0) is 37.0 Å². The highest BCUT2D eigenvalue weighted by atomic mass is 32.2. The molecule has 1 atom stereocenters. The Kier molecular flexibility index (Phi) is 7.55. The predicted octanol–water partition coefficient (Wildman–Crippen LogP) is 3.31. The first kappa shape index (κ1) is 19.5. The van der Waals surface area contributed by atoms with Crippen LogP contribution in [0.1, 0.15) is 55.5 Å². The summed E-state index contributed by atoms with van der Waals surface area (Å²) in [4.78, 5) is 12.4. The highest BCUT2D eigenvalue weighted by Crippen LogP contribution is 2.20. The summed E-state index contributed by atoms with van der Waals surface area (Å²) in [5.74, 6) is 0.325. The van der Waals surface area contributed by atoms with Crippen molar-refractivity contribution in [3.8, 4) is 0 Å². The molecule has 0 aliphatic rings. The zero-order chi connectivity index (χ0) is 17.5. The van der Waals surface area contributed by atoms with E-state index < -0.39 is 10.0 Å². The van der Waals surface area contributed by atoms with Crippen LogP contribution in [0.25, 0.3) is 0 Å². The van der Waals surface area contributed by atoms with Gasteiger partial charge < -0.3 is 5.32 Å². The third-order valence-corrected chi connectivity index (χ3v) is 4.56. The smallest absolute Gasteiger partial charge is 0.251 e. The summed E-state index contributed by atoms with van der Waals surface area (Å²) in [5, 5.41) is 2.97. The average Bonchev–Trinajstić information content (AvgIpc) is 2.48. The van der Waals surface area contributed by atoms with E-state index in [9.17, 15) is 13.2 Å². The Morgan fingerprint density at radius 1 is 1.26 bits per heavy atom. The first-order chi connectivity index (χ1) is 10.8. The summed E-state index contributed by atoms with van der Waals surface area (Å²) < 4.78 is 25.2. The Hall–Kier alpha value is -1.56. The molecule has 1 rings (SSSR count). The van der Waals surface area contributed by atoms with Gasteiger partial charge in [0.25, 0.3) is 5.91 Å². The third-order valence-electron chi connectivity index (χ3n) is 3.97. The molecule has 0 aliphatic carbocycles. The average molecular weight is 340 g/mol. The number of carbonyl (C=O) groups excluding carboxylic acids is 1. The van der Waals surface area contributed by atoms with E-state index in [1.54, 1.807) is 25.1 Å². The number of rotatable bonds is 9. The summed E-state index contributed by atoms with van der Waals surface area (Å²) in [6.07, 6.45) is 5.57. The van der Waals surface area contributed by atoms with Crippen LogP contribution < -0.4 is 10.0 Å². The molecule has 0 aliphatic heterocycles. The fourth-order valence-corrected chi connectivity index (χ4v) is 3.09. The molecule has 0 spiro atoms. The maximum absolute atomic E-state index is 12.4. The van der Waals surface area contributed by atoms with E-state index in [-0.39, 0.29) is 5.91 Å². The Bertz CT molecular complexity index is 627. The number of carbonyl (C=O) groups is 1. The second-order valence-electron chi connectivity index (χ2n) is 5.98. The van der Waals surface area contributed by atoms with Crippen molar-refractivity contribution < 1.29 is 13.2 Å². The lowest BCUT2D eigenvalue weighted by Gasteiger charge is -2.17. The minimum atomic E-state index is -3.36. The molecule has 0 fully saturated rings. The molecule has 5 nitrogen and oxygen atoms in total. The second kappa shape index (κ2) is 8.91. The molecule has 0 saturated carbocycles. The van der Waals surface area contributed by atoms with Gasteiger partial charge in [-0.3, -0.25) is 9.52 Å². The molecule has 1 aromatic rings. The molecule has 1 unspecified atom stereocenters. The number of hydrogen-bond acceptors (Lipinski definition) is 3. The maximum atomic E-state index is 12.4. The van der Waals surface area contributed by atoms with Crippen molar-refractivity contribution in [3.05, 3.63) is 29.3 Å². The first-order valence-electron chi connectivity index (χ1n) is 8.14. The summed E-state index contributed by atoms with van der Waals surface area (Å²) in [6, 6.07) is 5.05. The summed E-state index contributed by atoms with van der Waals surface area (Å²) in [5.41, 5.74) is 1.58. The summed E-state index contributed by atoms with van der Waals surface area (Å²) in [7, 11) is -3.36. The molecule has 1 amide bonds. The molecule has 0 radical (unpaired) electrons. The molecular weight excluding hydrogens is 312 g/mol. The van der Waals surface area contributed by atoms with Gasteiger partial charge >= 0.3 is 0 Å². The van der Waals surface area contributed by atoms with Crippen molar-refractivity contribution >= 4 is 21.6 Å². The van der Waals surface area contributed by atoms with Crippen LogP contribution in [0.5, 0.6) is 0 Å². The monoisotopic (exact) mass is 340 g/mol. The van der Waals surface area contributed by atoms with Crippen molar-refractivity contribution in [3.63, 3.8) is 0 Å². The molecule has 23 heavy (non-hydrogen) atoms. The predicted molar refractivity (Wildman–Crippen MR) is 95.3 cm³/mol. The maximum Gasteiger partial charge on any atom is 0.251 e. The molecule has 6 heteroatoms. The van der Waals surface area contributed by atoms with Crippen LogP contribution in [0, 0.1) is 12.8 Å². The fraction of sp³-hybridized carbons (Fsp3) is 0.588. The number of benzene rings is 1. The van der Waals surface area contributed by atoms with Crippen LogP contribution in [-0.4, -0.2) is 27.1 Å². The van der Waals surface area contributed by atoms with Gasteiger partial charge in [0.2, 0.25) is 10.0 Å². The number of unbranched alkanes of at least 4 members (excludes halogenated alkanes) is 1. The normalized spacial score (nSPS) is 12.7. The Morgan fingerprint density at radius 2 is 1.96 bits per heavy atom. The number of nitrogens with one attached hydrogen (secondary N) is 2. The van der Waals surface area contributed by atoms with Crippen LogP contribution in [0.15, 0.2) is 18.2 Å². The Balaban J connectivity index is 2.78. The van der Waals surface area contributed by atoms with Gasteiger partial charge in [0.15, 0.2) is 0 Å². The third kappa shape index (κ3) is 6.60. The molecule has 130 valence electrons. The summed E-state index contributed by atoms with van der Waals surface area (Å²) >= 11 is 0. The Morgan fingerprint density at radius 3 is 2.52 bits per heavy atom. The van der Waals surface area contributed by atoms with E-state index in [0.717, 1.165) is 25.5 Å². The number of hydrogen-bond donors (Lipinski definition) is 2. The number of amides is 1. The lowest BCUT2D eigenvalue weighted by atomic mass is 9.99. The lowest BCUT2D eigenvalue weighted by Crippen LogP contribution is -2.30. The molecule has 0 saturated heterocycles. The van der Waals surface area contributed by atoms with Gasteiger partial charge in [-0.25, -0.2) is 8.42 Å². The summed E-state index contributed by atoms with van der Waals surface area (Å²) in [6.45, 7) is 6.69. The van der Waals surface area contributed by atoms with Crippen molar-refractivity contribution in [1.82, 2.24) is 5.32 Å². The zero-order valence-electron chi connectivity index (χ0n) is 14.5. The second-order valence-corrected chi connectivity index (χ2v) is 7.73. The standard InChI is InChI=1S/C17H28N2O3S/c1-5-7-9-14(6-2)12-18-17(20)15-10-8-11-16(13(15)3)19-23(4,21)22/h8,10-11,14,19H,5-7,9,12H2,1-4H3,(H,18,20). The van der Waals surface area contributed by atoms with Gasteiger partial charge in [0, 0.05) is 12.1 Å². The minimum Gasteiger partial charge on any atom is -0.352 e. The highest BCUT2D eigenvalue weighted by Gasteiger charge is 2.15. The van der Waals surface area contributed by atoms with Crippen LogP contribution in [0.3, 0.4) is 0 Å². The lowest BCUT2D eigenvalue weighted by molar-refractivity contribution is 0.0945. The van der Waals surface area contributed by atoms with Crippen LogP contribution in [0.2, 0.25) is 0 Å². The number of sulfonamides is 1. The minimum absolute atomic E-state index is 0.158. The van der Waals surface area contributed by atoms with Crippen LogP contribution in [0.4, 0.5) is 5.69 Å². The van der Waals surface area contributed by atoms with Crippen molar-refractivity contribution in [2.45, 2.75) is 46.5 Å². The highest BCUT2D eigenvalue weighted by molar-refractivity contribution is 7.92. The van der Waals surface area contributed by atoms with Crippen molar-refractivity contribution in [2.24, 2.45) is 5.92 Å². The van der Waals surface area contributed by atoms with Crippen molar-refractivity contribution in [1.29, 1.82) is 0 Å². The first-order valence-corrected chi connectivity index (χ1v) is 10.0. The van der Waals surface area contributed by atoms with E-state index in [1.807, 2.05) is 0 Å². The van der Waals surface area contributed by atoms with Crippen LogP contribution >= 0.6 is 0 Å². The van der Waals surface area contributed by atoms with Gasteiger partial charge in [-0.15, -0.1) is 0 Å². The van der Waals surface area contributed by atoms with E-state index in [2.05, 4.69) is 23.9 Å². The zero-order valence-corrected chi connectivity index (χ0v) is 15.3. The molecule has 2 N–H and O–H groups in total. The van der Waals surface area contributed by atoms with E-state index in [0.29, 0.717) is 29.3 Å². The molecule has 0 heterocycles. The van der Waals surface area contributed by atoms with Gasteiger partial charge in [-0.2, -0.15) is 0 Å². The van der Waals surface area contributed by atoms with Gasteiger partial charge in [0.1, 0.15) is 0 Å². The van der Waals surface area contributed by atoms with Crippen LogP contribution in [-0.2, 0) is 10.0 Å². The molecule has 1 aromatic carbocycles. The molecule has 0 bridgehead atoms. The topological polar surface area (TPSA) is 75.3 Å². The molecule has 0 aromatic heterocycles. The Labute approximate surface area is 139 Å².